The third-order valence-electron chi connectivity index (χ3n) is 6.63. The van der Waals surface area contributed by atoms with Crippen LogP contribution in [0.2, 0.25) is 10.0 Å². The second-order valence-electron chi connectivity index (χ2n) is 9.77. The van der Waals surface area contributed by atoms with E-state index in [0.717, 1.165) is 22.6 Å². The fourth-order valence-electron chi connectivity index (χ4n) is 4.46. The van der Waals surface area contributed by atoms with Crippen molar-refractivity contribution in [1.82, 2.24) is 9.99 Å². The van der Waals surface area contributed by atoms with E-state index >= 15 is 0 Å². The van der Waals surface area contributed by atoms with Crippen LogP contribution in [0.4, 0.5) is 0 Å². The molecule has 3 aromatic carbocycles. The summed E-state index contributed by atoms with van der Waals surface area (Å²) in [5.74, 6) is 1.79. The number of carbonyl (C=O) groups excluding carboxylic acids is 1. The van der Waals surface area contributed by atoms with Crippen molar-refractivity contribution < 1.29 is 23.4 Å². The maximum absolute atomic E-state index is 12.6. The number of nitrogens with zero attached hydrogens (tertiary/aromatic N) is 2. The lowest BCUT2D eigenvalue weighted by Crippen LogP contribution is -2.16. The first-order valence-electron chi connectivity index (χ1n) is 13.5. The normalized spacial score (nSPS) is 11.1. The highest BCUT2D eigenvalue weighted by molar-refractivity contribution is 9.10. The first-order valence-corrected chi connectivity index (χ1v) is 15.0. The Kier molecular flexibility index (Phi) is 9.99. The fraction of sp³-hybridized carbons (Fsp3) is 0.152. The van der Waals surface area contributed by atoms with Gasteiger partial charge in [-0.2, -0.15) is 5.10 Å². The second-order valence-corrected chi connectivity index (χ2v) is 11.4. The number of halogens is 3. The van der Waals surface area contributed by atoms with Gasteiger partial charge in [0, 0.05) is 17.1 Å². The Morgan fingerprint density at radius 3 is 2.39 bits per heavy atom. The zero-order valence-electron chi connectivity index (χ0n) is 24.1. The van der Waals surface area contributed by atoms with Gasteiger partial charge in [-0.15, -0.1) is 0 Å². The molecule has 0 radical (unpaired) electrons. The number of aromatic nitrogens is 1. The number of amides is 1. The summed E-state index contributed by atoms with van der Waals surface area (Å²) in [6, 6.07) is 24.1. The molecule has 2 aromatic heterocycles. The maximum atomic E-state index is 12.6. The highest BCUT2D eigenvalue weighted by atomic mass is 79.9. The van der Waals surface area contributed by atoms with Crippen molar-refractivity contribution in [3.63, 3.8) is 0 Å². The number of hydrogen-bond acceptors (Lipinski definition) is 6. The van der Waals surface area contributed by atoms with Crippen LogP contribution in [0.15, 0.2) is 92.9 Å². The molecule has 0 saturated carbocycles. The van der Waals surface area contributed by atoms with Crippen LogP contribution in [0.3, 0.4) is 0 Å². The number of carbonyl (C=O) groups is 1. The molecule has 1 amide bonds. The summed E-state index contributed by atoms with van der Waals surface area (Å²) < 4.78 is 25.8. The quantitative estimate of drug-likeness (QED) is 0.110. The molecule has 0 spiro atoms. The third kappa shape index (κ3) is 7.48. The van der Waals surface area contributed by atoms with E-state index in [-0.39, 0.29) is 19.0 Å². The van der Waals surface area contributed by atoms with E-state index in [1.807, 2.05) is 30.3 Å². The molecule has 0 atom stereocenters. The van der Waals surface area contributed by atoms with Gasteiger partial charge in [-0.25, -0.2) is 5.43 Å². The average molecular weight is 697 g/mol. The zero-order chi connectivity index (χ0) is 31.2. The van der Waals surface area contributed by atoms with Gasteiger partial charge in [0.05, 0.1) is 27.8 Å². The van der Waals surface area contributed by atoms with E-state index in [9.17, 15) is 4.79 Å². The Labute approximate surface area is 273 Å². The molecule has 0 saturated heterocycles. The number of methoxy groups -OCH3 is 1. The number of benzene rings is 3. The van der Waals surface area contributed by atoms with Gasteiger partial charge in [0.1, 0.15) is 24.7 Å². The van der Waals surface area contributed by atoms with Crippen LogP contribution in [0.5, 0.6) is 17.2 Å². The van der Waals surface area contributed by atoms with Gasteiger partial charge in [0.25, 0.3) is 0 Å². The largest absolute Gasteiger partial charge is 0.493 e. The molecular weight excluding hydrogens is 669 g/mol. The van der Waals surface area contributed by atoms with Crippen LogP contribution in [-0.4, -0.2) is 23.8 Å². The van der Waals surface area contributed by atoms with Crippen molar-refractivity contribution >= 4 is 51.3 Å². The Balaban J connectivity index is 1.15. The minimum Gasteiger partial charge on any atom is -0.493 e. The summed E-state index contributed by atoms with van der Waals surface area (Å²) in [5, 5.41) is 4.98. The van der Waals surface area contributed by atoms with Gasteiger partial charge < -0.3 is 23.2 Å². The van der Waals surface area contributed by atoms with Gasteiger partial charge in [-0.3, -0.25) is 4.79 Å². The number of hydrogen-bond donors (Lipinski definition) is 1. The molecule has 11 heteroatoms. The molecule has 0 aliphatic rings. The van der Waals surface area contributed by atoms with Gasteiger partial charge >= 0.3 is 5.91 Å². The lowest BCUT2D eigenvalue weighted by Gasteiger charge is -2.14. The molecule has 226 valence electrons. The number of aryl methyl sites for hydroxylation is 2. The van der Waals surface area contributed by atoms with Gasteiger partial charge in [-0.05, 0) is 114 Å². The first-order chi connectivity index (χ1) is 21.2. The molecule has 0 aliphatic carbocycles. The van der Waals surface area contributed by atoms with Crippen LogP contribution in [-0.2, 0) is 13.2 Å². The van der Waals surface area contributed by atoms with E-state index in [0.29, 0.717) is 43.1 Å². The van der Waals surface area contributed by atoms with Gasteiger partial charge in [0.15, 0.2) is 17.3 Å². The minimum absolute atomic E-state index is 0.111. The van der Waals surface area contributed by atoms with Crippen molar-refractivity contribution in [3.8, 4) is 22.9 Å². The Hall–Kier alpha value is -4.18. The predicted molar refractivity (Wildman–Crippen MR) is 175 cm³/mol. The SMILES string of the molecule is COc1cc(/C=N/NC(=O)c2ccc(COc3ccc(-n4c(C)ccc4C)cc3)o2)cc(Br)c1OCc1ccc(Cl)c(Cl)c1. The number of rotatable bonds is 11. The summed E-state index contributed by atoms with van der Waals surface area (Å²) in [7, 11) is 1.54. The number of nitrogens with one attached hydrogen (secondary N) is 1. The predicted octanol–water partition coefficient (Wildman–Crippen LogP) is 8.69. The van der Waals surface area contributed by atoms with Crippen molar-refractivity contribution in [2.24, 2.45) is 5.10 Å². The molecule has 2 heterocycles. The van der Waals surface area contributed by atoms with Gasteiger partial charge in [0.2, 0.25) is 0 Å². The van der Waals surface area contributed by atoms with Crippen molar-refractivity contribution in [2.75, 3.05) is 7.11 Å². The van der Waals surface area contributed by atoms with Crippen LogP contribution >= 0.6 is 39.1 Å². The van der Waals surface area contributed by atoms with E-state index in [4.69, 9.17) is 41.8 Å². The van der Waals surface area contributed by atoms with E-state index in [1.165, 1.54) is 13.3 Å². The van der Waals surface area contributed by atoms with E-state index in [1.54, 1.807) is 36.4 Å². The molecule has 5 rings (SSSR count). The summed E-state index contributed by atoms with van der Waals surface area (Å²) in [6.45, 7) is 4.56. The lowest BCUT2D eigenvalue weighted by atomic mass is 10.2. The molecule has 0 bridgehead atoms. The topological polar surface area (TPSA) is 87.2 Å². The summed E-state index contributed by atoms with van der Waals surface area (Å²) in [4.78, 5) is 12.6. The van der Waals surface area contributed by atoms with E-state index < -0.39 is 5.91 Å². The van der Waals surface area contributed by atoms with Crippen molar-refractivity contribution in [1.29, 1.82) is 0 Å². The fourth-order valence-corrected chi connectivity index (χ4v) is 5.35. The summed E-state index contributed by atoms with van der Waals surface area (Å²) >= 11 is 15.6. The van der Waals surface area contributed by atoms with Crippen molar-refractivity contribution in [2.45, 2.75) is 27.1 Å². The molecular formula is C33H28BrCl2N3O5. The standard InChI is InChI=1S/C33H28BrCl2N3O5/c1-20-4-5-21(2)39(20)24-7-9-25(10-8-24)42-19-26-11-13-30(44-26)33(40)38-37-17-23-14-27(34)32(31(16-23)41-3)43-18-22-6-12-28(35)29(36)15-22/h4-17H,18-19H2,1-3H3,(H,38,40)/b37-17+. The minimum atomic E-state index is -0.498. The smallest absolute Gasteiger partial charge is 0.307 e. The van der Waals surface area contributed by atoms with E-state index in [2.05, 4.69) is 57.0 Å². The van der Waals surface area contributed by atoms with Crippen LogP contribution in [0.25, 0.3) is 5.69 Å². The summed E-state index contributed by atoms with van der Waals surface area (Å²) in [6.07, 6.45) is 1.49. The molecule has 1 N–H and O–H groups in total. The highest BCUT2D eigenvalue weighted by Crippen LogP contribution is 2.37. The Morgan fingerprint density at radius 1 is 0.932 bits per heavy atom. The molecule has 8 nitrogen and oxygen atoms in total. The molecule has 5 aromatic rings. The number of furan rings is 1. The first kappa shape index (κ1) is 31.3. The molecule has 0 aliphatic heterocycles. The lowest BCUT2D eigenvalue weighted by molar-refractivity contribution is 0.0923. The van der Waals surface area contributed by atoms with Crippen LogP contribution in [0, 0.1) is 13.8 Å². The monoisotopic (exact) mass is 695 g/mol. The third-order valence-corrected chi connectivity index (χ3v) is 7.96. The molecule has 0 unspecified atom stereocenters. The zero-order valence-corrected chi connectivity index (χ0v) is 27.2. The number of ether oxygens (including phenoxy) is 3. The molecule has 0 fully saturated rings. The second kappa shape index (κ2) is 14.1. The highest BCUT2D eigenvalue weighted by Gasteiger charge is 2.14. The summed E-state index contributed by atoms with van der Waals surface area (Å²) in [5.41, 5.74) is 7.37. The van der Waals surface area contributed by atoms with Crippen molar-refractivity contribution in [3.05, 3.63) is 127 Å². The van der Waals surface area contributed by atoms with Crippen LogP contribution < -0.4 is 19.6 Å². The van der Waals surface area contributed by atoms with Crippen LogP contribution in [0.1, 0.15) is 38.8 Å². The Morgan fingerprint density at radius 2 is 1.68 bits per heavy atom. The average Bonchev–Trinajstić information content (AvgIpc) is 3.63. The maximum Gasteiger partial charge on any atom is 0.307 e. The molecule has 44 heavy (non-hydrogen) atoms. The Bertz CT molecular complexity index is 1800. The van der Waals surface area contributed by atoms with Gasteiger partial charge in [-0.1, -0.05) is 29.3 Å². The number of hydrazone groups is 1.